The maximum atomic E-state index is 12.5. The van der Waals surface area contributed by atoms with Crippen LogP contribution in [-0.4, -0.2) is 16.9 Å². The largest absolute Gasteiger partial charge is 0.467 e. The Kier molecular flexibility index (Phi) is 6.18. The third-order valence-electron chi connectivity index (χ3n) is 3.96. The third kappa shape index (κ3) is 5.05. The topological polar surface area (TPSA) is 83.4 Å². The van der Waals surface area contributed by atoms with Gasteiger partial charge in [-0.05, 0) is 55.5 Å². The van der Waals surface area contributed by atoms with E-state index in [0.717, 1.165) is 5.56 Å². The molecular formula is C21H19N3O3S. The highest BCUT2D eigenvalue weighted by Gasteiger charge is 2.14. The maximum Gasteiger partial charge on any atom is 0.257 e. The lowest BCUT2D eigenvalue weighted by atomic mass is 10.1. The Morgan fingerprint density at radius 2 is 1.71 bits per heavy atom. The Labute approximate surface area is 167 Å². The van der Waals surface area contributed by atoms with Gasteiger partial charge in [0.2, 0.25) is 0 Å². The van der Waals surface area contributed by atoms with Crippen LogP contribution < -0.4 is 16.0 Å². The van der Waals surface area contributed by atoms with Crippen LogP contribution in [0.15, 0.2) is 71.3 Å². The van der Waals surface area contributed by atoms with Gasteiger partial charge in [0.25, 0.3) is 11.8 Å². The van der Waals surface area contributed by atoms with Crippen molar-refractivity contribution >= 4 is 34.8 Å². The van der Waals surface area contributed by atoms with Crippen LogP contribution in [0, 0.1) is 6.92 Å². The number of furan rings is 1. The number of thiocarbonyl (C=S) groups is 1. The van der Waals surface area contributed by atoms with E-state index in [0.29, 0.717) is 22.6 Å². The molecule has 1 heterocycles. The van der Waals surface area contributed by atoms with Crippen LogP contribution in [0.2, 0.25) is 0 Å². The number of para-hydroxylation sites is 1. The predicted molar refractivity (Wildman–Crippen MR) is 111 cm³/mol. The molecule has 0 fully saturated rings. The third-order valence-corrected chi connectivity index (χ3v) is 4.17. The van der Waals surface area contributed by atoms with Crippen molar-refractivity contribution in [3.8, 4) is 0 Å². The van der Waals surface area contributed by atoms with Crippen molar-refractivity contribution in [1.82, 2.24) is 10.6 Å². The van der Waals surface area contributed by atoms with Crippen molar-refractivity contribution in [3.05, 3.63) is 89.4 Å². The van der Waals surface area contributed by atoms with Gasteiger partial charge in [-0.1, -0.05) is 29.8 Å². The summed E-state index contributed by atoms with van der Waals surface area (Å²) in [5.41, 5.74) is 2.46. The van der Waals surface area contributed by atoms with E-state index in [4.69, 9.17) is 16.6 Å². The second kappa shape index (κ2) is 8.96. The Balaban J connectivity index is 1.63. The zero-order chi connectivity index (χ0) is 19.9. The zero-order valence-corrected chi connectivity index (χ0v) is 16.0. The zero-order valence-electron chi connectivity index (χ0n) is 15.2. The van der Waals surface area contributed by atoms with Gasteiger partial charge in [0.1, 0.15) is 5.76 Å². The summed E-state index contributed by atoms with van der Waals surface area (Å²) < 4.78 is 5.21. The highest BCUT2D eigenvalue weighted by Crippen LogP contribution is 2.15. The quantitative estimate of drug-likeness (QED) is 0.577. The van der Waals surface area contributed by atoms with Gasteiger partial charge in [-0.15, -0.1) is 0 Å². The average molecular weight is 393 g/mol. The fourth-order valence-electron chi connectivity index (χ4n) is 2.50. The van der Waals surface area contributed by atoms with Crippen LogP contribution in [0.5, 0.6) is 0 Å². The molecule has 2 aromatic carbocycles. The van der Waals surface area contributed by atoms with Gasteiger partial charge < -0.3 is 15.1 Å². The first-order chi connectivity index (χ1) is 13.5. The van der Waals surface area contributed by atoms with E-state index in [2.05, 4.69) is 16.0 Å². The lowest BCUT2D eigenvalue weighted by molar-refractivity contribution is 0.0947. The molecule has 0 unspecified atom stereocenters. The molecule has 0 aliphatic rings. The molecule has 3 N–H and O–H groups in total. The molecule has 28 heavy (non-hydrogen) atoms. The van der Waals surface area contributed by atoms with Gasteiger partial charge in [0, 0.05) is 5.56 Å². The van der Waals surface area contributed by atoms with E-state index in [1.807, 2.05) is 19.1 Å². The monoisotopic (exact) mass is 393 g/mol. The normalized spacial score (nSPS) is 10.2. The van der Waals surface area contributed by atoms with Gasteiger partial charge in [-0.25, -0.2) is 0 Å². The molecule has 2 amide bonds. The number of rotatable bonds is 5. The van der Waals surface area contributed by atoms with Gasteiger partial charge in [0.05, 0.1) is 24.1 Å². The van der Waals surface area contributed by atoms with Crippen molar-refractivity contribution in [1.29, 1.82) is 0 Å². The number of hydrogen-bond donors (Lipinski definition) is 3. The van der Waals surface area contributed by atoms with Gasteiger partial charge >= 0.3 is 0 Å². The number of aryl methyl sites for hydroxylation is 1. The van der Waals surface area contributed by atoms with Crippen LogP contribution in [-0.2, 0) is 6.54 Å². The molecule has 0 atom stereocenters. The molecule has 7 heteroatoms. The first-order valence-corrected chi connectivity index (χ1v) is 9.02. The summed E-state index contributed by atoms with van der Waals surface area (Å²) >= 11 is 5.22. The fraction of sp³-hybridized carbons (Fsp3) is 0.0952. The second-order valence-electron chi connectivity index (χ2n) is 6.08. The molecular weight excluding hydrogens is 374 g/mol. The molecule has 6 nitrogen and oxygen atoms in total. The minimum Gasteiger partial charge on any atom is -0.467 e. The van der Waals surface area contributed by atoms with Crippen molar-refractivity contribution in [2.24, 2.45) is 0 Å². The van der Waals surface area contributed by atoms with E-state index >= 15 is 0 Å². The first kappa shape index (κ1) is 19.3. The summed E-state index contributed by atoms with van der Waals surface area (Å²) in [4.78, 5) is 24.8. The van der Waals surface area contributed by atoms with Crippen molar-refractivity contribution < 1.29 is 14.0 Å². The van der Waals surface area contributed by atoms with Crippen molar-refractivity contribution in [2.45, 2.75) is 13.5 Å². The minimum absolute atomic E-state index is 0.108. The van der Waals surface area contributed by atoms with Crippen LogP contribution in [0.1, 0.15) is 32.0 Å². The van der Waals surface area contributed by atoms with Gasteiger partial charge in [-0.2, -0.15) is 0 Å². The van der Waals surface area contributed by atoms with Gasteiger partial charge in [0.15, 0.2) is 5.11 Å². The van der Waals surface area contributed by atoms with Crippen LogP contribution in [0.25, 0.3) is 0 Å². The van der Waals surface area contributed by atoms with E-state index in [1.165, 1.54) is 0 Å². The number of carbonyl (C=O) groups is 2. The number of hydrogen-bond acceptors (Lipinski definition) is 4. The fourth-order valence-corrected chi connectivity index (χ4v) is 2.70. The smallest absolute Gasteiger partial charge is 0.257 e. The molecule has 0 aliphatic heterocycles. The number of benzene rings is 2. The molecule has 142 valence electrons. The Bertz CT molecular complexity index is 982. The summed E-state index contributed by atoms with van der Waals surface area (Å²) in [5, 5.41) is 8.42. The number of nitrogens with one attached hydrogen (secondary N) is 3. The summed E-state index contributed by atoms with van der Waals surface area (Å²) in [6, 6.07) is 17.6. The Morgan fingerprint density at radius 3 is 2.43 bits per heavy atom. The van der Waals surface area contributed by atoms with Crippen molar-refractivity contribution in [3.63, 3.8) is 0 Å². The average Bonchev–Trinajstić information content (AvgIpc) is 3.20. The number of carbonyl (C=O) groups excluding carboxylic acids is 2. The maximum absolute atomic E-state index is 12.5. The first-order valence-electron chi connectivity index (χ1n) is 8.61. The Morgan fingerprint density at radius 1 is 0.964 bits per heavy atom. The Hall–Kier alpha value is -3.45. The predicted octanol–water partition coefficient (Wildman–Crippen LogP) is 3.64. The number of anilines is 1. The molecule has 3 aromatic rings. The molecule has 0 spiro atoms. The summed E-state index contributed by atoms with van der Waals surface area (Å²) in [6.07, 6.45) is 1.55. The van der Waals surface area contributed by atoms with E-state index in [-0.39, 0.29) is 23.5 Å². The molecule has 1 aromatic heterocycles. The summed E-state index contributed by atoms with van der Waals surface area (Å²) in [5.74, 6) is 0.0454. The van der Waals surface area contributed by atoms with E-state index < -0.39 is 0 Å². The lowest BCUT2D eigenvalue weighted by Crippen LogP contribution is -2.35. The van der Waals surface area contributed by atoms with E-state index in [1.54, 1.807) is 54.8 Å². The van der Waals surface area contributed by atoms with Crippen LogP contribution in [0.4, 0.5) is 5.69 Å². The highest BCUT2D eigenvalue weighted by atomic mass is 32.1. The van der Waals surface area contributed by atoms with Gasteiger partial charge in [-0.3, -0.25) is 14.9 Å². The van der Waals surface area contributed by atoms with Crippen LogP contribution in [0.3, 0.4) is 0 Å². The molecule has 0 saturated carbocycles. The standard InChI is InChI=1S/C21H19N3O3S/c1-14-8-10-15(11-9-14)19(25)24-21(28)23-18-7-3-2-6-17(18)20(26)22-13-16-5-4-12-27-16/h2-12H,13H2,1H3,(H,22,26)(H2,23,24,25,28). The highest BCUT2D eigenvalue weighted by molar-refractivity contribution is 7.80. The number of amides is 2. The minimum atomic E-state index is -0.322. The summed E-state index contributed by atoms with van der Waals surface area (Å²) in [6.45, 7) is 2.22. The van der Waals surface area contributed by atoms with E-state index in [9.17, 15) is 9.59 Å². The molecule has 0 aliphatic carbocycles. The summed E-state index contributed by atoms with van der Waals surface area (Å²) in [7, 11) is 0. The van der Waals surface area contributed by atoms with Crippen molar-refractivity contribution in [2.75, 3.05) is 5.32 Å². The van der Waals surface area contributed by atoms with Crippen LogP contribution >= 0.6 is 12.2 Å². The second-order valence-corrected chi connectivity index (χ2v) is 6.49. The molecule has 0 radical (unpaired) electrons. The molecule has 0 saturated heterocycles. The lowest BCUT2D eigenvalue weighted by Gasteiger charge is -2.13. The molecule has 0 bridgehead atoms. The molecule has 3 rings (SSSR count). The SMILES string of the molecule is Cc1ccc(C(=O)NC(=S)Nc2ccccc2C(=O)NCc2ccco2)cc1.